The maximum atomic E-state index is 12.7. The zero-order chi connectivity index (χ0) is 24.9. The molecule has 2 aliphatic rings. The van der Waals surface area contributed by atoms with Crippen molar-refractivity contribution in [1.82, 2.24) is 4.57 Å². The van der Waals surface area contributed by atoms with Gasteiger partial charge in [0.15, 0.2) is 0 Å². The van der Waals surface area contributed by atoms with Gasteiger partial charge >= 0.3 is 5.97 Å². The normalized spacial score (nSPS) is 19.1. The van der Waals surface area contributed by atoms with Crippen LogP contribution >= 0.6 is 11.8 Å². The number of esters is 1. The number of aryl methyl sites for hydroxylation is 1. The molecule has 4 rings (SSSR count). The van der Waals surface area contributed by atoms with Crippen LogP contribution in [0.3, 0.4) is 0 Å². The maximum absolute atomic E-state index is 12.7. The number of rotatable bonds is 7. The standard InChI is InChI=1S/C28H34N2O4S/c1-5-33-23-14-12-21(13-15-23)29-27-25(28(32)34-6-2)26(31)24(35-27)17-20-16-18(3)30(19(20)4)22-10-8-7-9-11-22/h12-17,22,31H,5-11H2,1-4H3. The third-order valence-electron chi connectivity index (χ3n) is 6.50. The van der Waals surface area contributed by atoms with Gasteiger partial charge in [0.25, 0.3) is 0 Å². The zero-order valence-corrected chi connectivity index (χ0v) is 21.8. The first-order valence-corrected chi connectivity index (χ1v) is 13.2. The first-order valence-electron chi connectivity index (χ1n) is 12.4. The Hall–Kier alpha value is -2.93. The first-order chi connectivity index (χ1) is 16.9. The summed E-state index contributed by atoms with van der Waals surface area (Å²) in [5, 5.41) is 11.5. The van der Waals surface area contributed by atoms with Crippen molar-refractivity contribution in [3.8, 4) is 5.75 Å². The van der Waals surface area contributed by atoms with Gasteiger partial charge in [-0.25, -0.2) is 9.79 Å². The SMILES string of the molecule is CCOC(=O)C1=C(O)C(=Cc2cc(C)n(C3CCCCC3)c2C)SC1=Nc1ccc(OCC)cc1. The molecule has 1 fully saturated rings. The van der Waals surface area contributed by atoms with Gasteiger partial charge in [0.2, 0.25) is 0 Å². The van der Waals surface area contributed by atoms with Crippen molar-refractivity contribution < 1.29 is 19.4 Å². The topological polar surface area (TPSA) is 73.0 Å². The van der Waals surface area contributed by atoms with E-state index >= 15 is 0 Å². The van der Waals surface area contributed by atoms with E-state index in [1.807, 2.05) is 37.3 Å². The summed E-state index contributed by atoms with van der Waals surface area (Å²) in [4.78, 5) is 18.0. The van der Waals surface area contributed by atoms with E-state index in [0.29, 0.717) is 28.3 Å². The van der Waals surface area contributed by atoms with Crippen molar-refractivity contribution in [1.29, 1.82) is 0 Å². The Morgan fingerprint density at radius 2 is 1.86 bits per heavy atom. The number of hydrogen-bond acceptors (Lipinski definition) is 6. The van der Waals surface area contributed by atoms with Crippen LogP contribution in [-0.4, -0.2) is 33.9 Å². The molecule has 1 saturated carbocycles. The van der Waals surface area contributed by atoms with Gasteiger partial charge in [-0.3, -0.25) is 0 Å². The van der Waals surface area contributed by atoms with Crippen molar-refractivity contribution in [2.24, 2.45) is 4.99 Å². The van der Waals surface area contributed by atoms with Crippen LogP contribution in [-0.2, 0) is 9.53 Å². The highest BCUT2D eigenvalue weighted by Gasteiger charge is 2.33. The van der Waals surface area contributed by atoms with Crippen molar-refractivity contribution in [2.45, 2.75) is 65.8 Å². The van der Waals surface area contributed by atoms with Gasteiger partial charge in [-0.05, 0) is 82.5 Å². The molecule has 0 amide bonds. The van der Waals surface area contributed by atoms with E-state index in [1.54, 1.807) is 6.92 Å². The van der Waals surface area contributed by atoms with E-state index in [-0.39, 0.29) is 17.9 Å². The Bertz CT molecular complexity index is 1170. The van der Waals surface area contributed by atoms with E-state index in [1.165, 1.54) is 55.3 Å². The number of aromatic nitrogens is 1. The van der Waals surface area contributed by atoms with Gasteiger partial charge in [-0.15, -0.1) is 0 Å². The number of carbonyl (C=O) groups excluding carboxylic acids is 1. The number of ether oxygens (including phenoxy) is 2. The largest absolute Gasteiger partial charge is 0.506 e. The van der Waals surface area contributed by atoms with Crippen molar-refractivity contribution in [3.05, 3.63) is 63.5 Å². The molecular weight excluding hydrogens is 460 g/mol. The van der Waals surface area contributed by atoms with Crippen LogP contribution in [0.1, 0.15) is 68.9 Å². The van der Waals surface area contributed by atoms with Crippen molar-refractivity contribution >= 4 is 34.5 Å². The minimum absolute atomic E-state index is 0.0828. The molecule has 0 radical (unpaired) electrons. The average Bonchev–Trinajstić information content (AvgIpc) is 3.30. The Labute approximate surface area is 211 Å². The third kappa shape index (κ3) is 5.50. The number of aliphatic hydroxyl groups is 1. The summed E-state index contributed by atoms with van der Waals surface area (Å²) in [6.07, 6.45) is 8.23. The molecular formula is C28H34N2O4S. The van der Waals surface area contributed by atoms with E-state index in [2.05, 4.69) is 29.5 Å². The number of nitrogens with zero attached hydrogens (tertiary/aromatic N) is 2. The molecule has 1 aliphatic carbocycles. The number of carbonyl (C=O) groups is 1. The van der Waals surface area contributed by atoms with Crippen molar-refractivity contribution in [2.75, 3.05) is 13.2 Å². The lowest BCUT2D eigenvalue weighted by molar-refractivity contribution is -0.138. The quantitative estimate of drug-likeness (QED) is 0.412. The summed E-state index contributed by atoms with van der Waals surface area (Å²) in [5.74, 6) is 0.104. The summed E-state index contributed by atoms with van der Waals surface area (Å²) in [5.41, 5.74) is 4.24. The second-order valence-electron chi connectivity index (χ2n) is 8.89. The van der Waals surface area contributed by atoms with Crippen LogP contribution in [0.25, 0.3) is 6.08 Å². The fourth-order valence-corrected chi connectivity index (χ4v) is 5.91. The molecule has 0 spiro atoms. The van der Waals surface area contributed by atoms with Crippen LogP contribution in [0.2, 0.25) is 0 Å². The monoisotopic (exact) mass is 494 g/mol. The lowest BCUT2D eigenvalue weighted by Gasteiger charge is -2.26. The van der Waals surface area contributed by atoms with Gasteiger partial charge in [-0.2, -0.15) is 0 Å². The fraction of sp³-hybridized carbons (Fsp3) is 0.429. The van der Waals surface area contributed by atoms with Crippen LogP contribution in [0.5, 0.6) is 5.75 Å². The zero-order valence-electron chi connectivity index (χ0n) is 21.0. The van der Waals surface area contributed by atoms with Gasteiger partial charge in [0.05, 0.1) is 23.8 Å². The van der Waals surface area contributed by atoms with Crippen LogP contribution < -0.4 is 4.74 Å². The minimum atomic E-state index is -0.571. The lowest BCUT2D eigenvalue weighted by Crippen LogP contribution is -2.15. The molecule has 1 aromatic heterocycles. The van der Waals surface area contributed by atoms with Gasteiger partial charge in [0.1, 0.15) is 22.1 Å². The number of benzene rings is 1. The second-order valence-corrected chi connectivity index (χ2v) is 9.92. The van der Waals surface area contributed by atoms with Crippen LogP contribution in [0.15, 0.2) is 51.6 Å². The highest BCUT2D eigenvalue weighted by Crippen LogP contribution is 2.41. The fourth-order valence-electron chi connectivity index (χ4n) is 4.88. The lowest BCUT2D eigenvalue weighted by atomic mass is 9.95. The van der Waals surface area contributed by atoms with E-state index in [0.717, 1.165) is 11.3 Å². The molecule has 0 atom stereocenters. The van der Waals surface area contributed by atoms with Crippen LogP contribution in [0.4, 0.5) is 5.69 Å². The minimum Gasteiger partial charge on any atom is -0.506 e. The summed E-state index contributed by atoms with van der Waals surface area (Å²) in [6, 6.07) is 10.0. The Morgan fingerprint density at radius 3 is 2.51 bits per heavy atom. The first kappa shape index (κ1) is 25.2. The molecule has 1 aromatic carbocycles. The molecule has 2 heterocycles. The predicted molar refractivity (Wildman–Crippen MR) is 143 cm³/mol. The summed E-state index contributed by atoms with van der Waals surface area (Å²) >= 11 is 1.29. The summed E-state index contributed by atoms with van der Waals surface area (Å²) in [6.45, 7) is 8.77. The summed E-state index contributed by atoms with van der Waals surface area (Å²) in [7, 11) is 0. The highest BCUT2D eigenvalue weighted by atomic mass is 32.2. The van der Waals surface area contributed by atoms with Crippen molar-refractivity contribution in [3.63, 3.8) is 0 Å². The highest BCUT2D eigenvalue weighted by molar-refractivity contribution is 8.18. The molecule has 0 bridgehead atoms. The van der Waals surface area contributed by atoms with Gasteiger partial charge < -0.3 is 19.1 Å². The molecule has 6 nitrogen and oxygen atoms in total. The number of aliphatic imine (C=N–C) groups is 1. The molecule has 35 heavy (non-hydrogen) atoms. The van der Waals surface area contributed by atoms with E-state index < -0.39 is 5.97 Å². The molecule has 1 N–H and O–H groups in total. The Balaban J connectivity index is 1.69. The van der Waals surface area contributed by atoms with E-state index in [9.17, 15) is 9.90 Å². The third-order valence-corrected chi connectivity index (χ3v) is 7.52. The predicted octanol–water partition coefficient (Wildman–Crippen LogP) is 7.20. The van der Waals surface area contributed by atoms with Gasteiger partial charge in [-0.1, -0.05) is 31.0 Å². The molecule has 186 valence electrons. The van der Waals surface area contributed by atoms with Crippen LogP contribution in [0, 0.1) is 13.8 Å². The molecule has 1 aliphatic heterocycles. The van der Waals surface area contributed by atoms with Gasteiger partial charge in [0, 0.05) is 17.4 Å². The number of aliphatic hydroxyl groups excluding tert-OH is 1. The number of hydrogen-bond donors (Lipinski definition) is 1. The smallest absolute Gasteiger partial charge is 0.344 e. The molecule has 0 saturated heterocycles. The van der Waals surface area contributed by atoms with E-state index in [4.69, 9.17) is 9.47 Å². The summed E-state index contributed by atoms with van der Waals surface area (Å²) < 4.78 is 13.2. The Morgan fingerprint density at radius 1 is 1.14 bits per heavy atom. The molecule has 0 unspecified atom stereocenters. The second kappa shape index (κ2) is 11.2. The molecule has 2 aromatic rings. The molecule has 7 heteroatoms. The number of thioether (sulfide) groups is 1. The maximum Gasteiger partial charge on any atom is 0.344 e. The average molecular weight is 495 g/mol. The Kier molecular flexibility index (Phi) is 8.06.